The van der Waals surface area contributed by atoms with Crippen molar-refractivity contribution in [2.75, 3.05) is 19.8 Å². The number of halogens is 1. The van der Waals surface area contributed by atoms with E-state index in [2.05, 4.69) is 10.3 Å². The van der Waals surface area contributed by atoms with Gasteiger partial charge in [-0.3, -0.25) is 10.1 Å². The molecule has 1 aromatic carbocycles. The van der Waals surface area contributed by atoms with E-state index < -0.39 is 0 Å². The van der Waals surface area contributed by atoms with Crippen molar-refractivity contribution in [1.82, 2.24) is 5.32 Å². The molecule has 1 aromatic rings. The minimum Gasteiger partial charge on any atom is -0.465 e. The quantitative estimate of drug-likeness (QED) is 0.669. The van der Waals surface area contributed by atoms with Gasteiger partial charge >= 0.3 is 0 Å². The van der Waals surface area contributed by atoms with E-state index in [0.717, 1.165) is 25.9 Å². The zero-order valence-corrected chi connectivity index (χ0v) is 13.4. The van der Waals surface area contributed by atoms with Crippen LogP contribution >= 0.6 is 11.6 Å². The van der Waals surface area contributed by atoms with E-state index in [0.29, 0.717) is 23.7 Å². The molecule has 1 fully saturated rings. The van der Waals surface area contributed by atoms with E-state index in [1.54, 1.807) is 24.3 Å². The number of rotatable bonds is 5. The fourth-order valence-corrected chi connectivity index (χ4v) is 2.32. The molecule has 0 aromatic heterocycles. The molecule has 0 bridgehead atoms. The van der Waals surface area contributed by atoms with Crippen molar-refractivity contribution in [2.45, 2.75) is 32.3 Å². The van der Waals surface area contributed by atoms with Crippen LogP contribution in [0, 0.1) is 0 Å². The summed E-state index contributed by atoms with van der Waals surface area (Å²) in [6.07, 6.45) is 2.98. The Labute approximate surface area is 135 Å². The number of nitrogens with zero attached hydrogens (tertiary/aromatic N) is 1. The highest BCUT2D eigenvalue weighted by molar-refractivity contribution is 6.34. The smallest absolute Gasteiger partial charge is 0.291 e. The van der Waals surface area contributed by atoms with Gasteiger partial charge in [0.05, 0.1) is 29.8 Å². The molecule has 1 unspecified atom stereocenters. The van der Waals surface area contributed by atoms with Crippen LogP contribution in [0.4, 0.5) is 0 Å². The average Bonchev–Trinajstić information content (AvgIpc) is 3.03. The van der Waals surface area contributed by atoms with Crippen molar-refractivity contribution in [2.24, 2.45) is 4.99 Å². The maximum absolute atomic E-state index is 12.2. The third-order valence-electron chi connectivity index (χ3n) is 3.24. The highest BCUT2D eigenvalue weighted by atomic mass is 35.5. The lowest BCUT2D eigenvalue weighted by Crippen LogP contribution is -2.33. The van der Waals surface area contributed by atoms with Crippen molar-refractivity contribution in [3.8, 4) is 0 Å². The van der Waals surface area contributed by atoms with E-state index in [-0.39, 0.29) is 18.0 Å². The Morgan fingerprint density at radius 3 is 3.00 bits per heavy atom. The highest BCUT2D eigenvalue weighted by Gasteiger charge is 2.17. The number of benzene rings is 1. The first-order valence-electron chi connectivity index (χ1n) is 7.55. The topological polar surface area (TPSA) is 59.9 Å². The summed E-state index contributed by atoms with van der Waals surface area (Å²) in [6, 6.07) is 7.10. The minimum absolute atomic E-state index is 0.109. The third kappa shape index (κ3) is 5.00. The van der Waals surface area contributed by atoms with Crippen LogP contribution < -0.4 is 5.32 Å². The molecule has 1 N–H and O–H groups in total. The molecule has 5 nitrogen and oxygen atoms in total. The molecule has 120 valence electrons. The van der Waals surface area contributed by atoms with Gasteiger partial charge in [0, 0.05) is 6.61 Å². The number of aliphatic imine (C=N–C) groups is 1. The fraction of sp³-hybridized carbons (Fsp3) is 0.500. The second-order valence-electron chi connectivity index (χ2n) is 5.06. The molecule has 1 saturated heterocycles. The van der Waals surface area contributed by atoms with Crippen molar-refractivity contribution in [1.29, 1.82) is 0 Å². The van der Waals surface area contributed by atoms with Crippen molar-refractivity contribution in [3.63, 3.8) is 0 Å². The maximum atomic E-state index is 12.2. The van der Waals surface area contributed by atoms with Crippen molar-refractivity contribution >= 4 is 23.5 Å². The Morgan fingerprint density at radius 1 is 1.50 bits per heavy atom. The SMILES string of the molecule is CCCOC(=NCC1CCCO1)NC(=O)c1ccccc1Cl. The summed E-state index contributed by atoms with van der Waals surface area (Å²) in [5.41, 5.74) is 0.397. The van der Waals surface area contributed by atoms with Gasteiger partial charge in [-0.1, -0.05) is 30.7 Å². The molecule has 1 aliphatic rings. The van der Waals surface area contributed by atoms with Crippen LogP contribution in [-0.4, -0.2) is 37.8 Å². The molecule has 0 radical (unpaired) electrons. The number of ether oxygens (including phenoxy) is 2. The van der Waals surface area contributed by atoms with Crippen LogP contribution in [-0.2, 0) is 9.47 Å². The second kappa shape index (κ2) is 8.76. The van der Waals surface area contributed by atoms with Crippen LogP contribution in [0.3, 0.4) is 0 Å². The largest absolute Gasteiger partial charge is 0.465 e. The molecule has 22 heavy (non-hydrogen) atoms. The Hall–Kier alpha value is -1.59. The standard InChI is InChI=1S/C16H21ClN2O3/c1-2-9-22-16(18-11-12-6-5-10-21-12)19-15(20)13-7-3-4-8-14(13)17/h3-4,7-8,12H,2,5-6,9-11H2,1H3,(H,18,19,20). The van der Waals surface area contributed by atoms with Crippen LogP contribution in [0.5, 0.6) is 0 Å². The number of hydrogen-bond acceptors (Lipinski definition) is 4. The Morgan fingerprint density at radius 2 is 2.32 bits per heavy atom. The zero-order valence-electron chi connectivity index (χ0n) is 12.7. The van der Waals surface area contributed by atoms with Crippen LogP contribution in [0.25, 0.3) is 0 Å². The van der Waals surface area contributed by atoms with Gasteiger partial charge in [-0.15, -0.1) is 0 Å². The summed E-state index contributed by atoms with van der Waals surface area (Å²) in [5.74, 6) is -0.326. The monoisotopic (exact) mass is 324 g/mol. The summed E-state index contributed by atoms with van der Waals surface area (Å²) in [5, 5.41) is 3.08. The van der Waals surface area contributed by atoms with Crippen LogP contribution in [0.1, 0.15) is 36.5 Å². The molecule has 0 spiro atoms. The molecule has 1 amide bonds. The second-order valence-corrected chi connectivity index (χ2v) is 5.47. The molecular formula is C16H21ClN2O3. The summed E-state index contributed by atoms with van der Waals surface area (Å²) in [6.45, 7) is 3.75. The lowest BCUT2D eigenvalue weighted by atomic mass is 10.2. The number of nitrogens with one attached hydrogen (secondary N) is 1. The summed E-state index contributed by atoms with van der Waals surface area (Å²) in [7, 11) is 0. The highest BCUT2D eigenvalue weighted by Crippen LogP contribution is 2.15. The number of amidine groups is 1. The summed E-state index contributed by atoms with van der Waals surface area (Å²) < 4.78 is 11.0. The first-order valence-corrected chi connectivity index (χ1v) is 7.93. The first kappa shape index (κ1) is 16.8. The predicted octanol–water partition coefficient (Wildman–Crippen LogP) is 3.03. The number of hydrogen-bond donors (Lipinski definition) is 1. The molecule has 6 heteroatoms. The lowest BCUT2D eigenvalue weighted by molar-refractivity contribution is 0.0962. The van der Waals surface area contributed by atoms with Gasteiger partial charge in [0.25, 0.3) is 11.9 Å². The normalized spacial score (nSPS) is 18.3. The Kier molecular flexibility index (Phi) is 6.68. The molecule has 0 aliphatic carbocycles. The van der Waals surface area contributed by atoms with E-state index in [9.17, 15) is 4.79 Å². The predicted molar refractivity (Wildman–Crippen MR) is 86.4 cm³/mol. The minimum atomic E-state index is -0.326. The van der Waals surface area contributed by atoms with Gasteiger partial charge < -0.3 is 9.47 Å². The molecule has 1 atom stereocenters. The van der Waals surface area contributed by atoms with Gasteiger partial charge in [-0.2, -0.15) is 0 Å². The van der Waals surface area contributed by atoms with E-state index in [1.807, 2.05) is 6.92 Å². The first-order chi connectivity index (χ1) is 10.7. The van der Waals surface area contributed by atoms with Crippen LogP contribution in [0.15, 0.2) is 29.3 Å². The molecule has 0 saturated carbocycles. The Balaban J connectivity index is 2.00. The molecular weight excluding hydrogens is 304 g/mol. The van der Waals surface area contributed by atoms with E-state index in [4.69, 9.17) is 21.1 Å². The maximum Gasteiger partial charge on any atom is 0.291 e. The number of carbonyl (C=O) groups is 1. The van der Waals surface area contributed by atoms with E-state index in [1.165, 1.54) is 0 Å². The van der Waals surface area contributed by atoms with Crippen molar-refractivity contribution in [3.05, 3.63) is 34.9 Å². The Bertz CT molecular complexity index is 528. The number of carbonyl (C=O) groups excluding carboxylic acids is 1. The fourth-order valence-electron chi connectivity index (χ4n) is 2.10. The van der Waals surface area contributed by atoms with E-state index >= 15 is 0 Å². The van der Waals surface area contributed by atoms with Gasteiger partial charge in [0.15, 0.2) is 0 Å². The van der Waals surface area contributed by atoms with Gasteiger partial charge in [0.1, 0.15) is 0 Å². The molecule has 1 aliphatic heterocycles. The van der Waals surface area contributed by atoms with Crippen LogP contribution in [0.2, 0.25) is 5.02 Å². The van der Waals surface area contributed by atoms with Gasteiger partial charge in [-0.05, 0) is 31.4 Å². The molecule has 2 rings (SSSR count). The third-order valence-corrected chi connectivity index (χ3v) is 3.57. The average molecular weight is 325 g/mol. The lowest BCUT2D eigenvalue weighted by Gasteiger charge is -2.12. The zero-order chi connectivity index (χ0) is 15.8. The van der Waals surface area contributed by atoms with Crippen molar-refractivity contribution < 1.29 is 14.3 Å². The molecule has 1 heterocycles. The summed E-state index contributed by atoms with van der Waals surface area (Å²) in [4.78, 5) is 16.6. The summed E-state index contributed by atoms with van der Waals surface area (Å²) >= 11 is 6.03. The van der Waals surface area contributed by atoms with Gasteiger partial charge in [-0.25, -0.2) is 4.99 Å². The van der Waals surface area contributed by atoms with Gasteiger partial charge in [0.2, 0.25) is 0 Å². The number of amides is 1.